The van der Waals surface area contributed by atoms with Gasteiger partial charge in [-0.25, -0.2) is 0 Å². The van der Waals surface area contributed by atoms with Gasteiger partial charge in [0.25, 0.3) is 0 Å². The molecule has 4 heteroatoms. The lowest BCUT2D eigenvalue weighted by atomic mass is 10.0. The monoisotopic (exact) mass is 284 g/mol. The molecule has 0 saturated heterocycles. The van der Waals surface area contributed by atoms with E-state index in [0.717, 1.165) is 16.5 Å². The number of carbonyl (C=O) groups excluding carboxylic acids is 1. The molecule has 0 saturated carbocycles. The molecular formula is C16H13ClN2O. The number of nitrogen functional groups attached to an aromatic ring is 1. The summed E-state index contributed by atoms with van der Waals surface area (Å²) in [7, 11) is 0. The highest BCUT2D eigenvalue weighted by Gasteiger charge is 2.15. The molecule has 2 aromatic carbocycles. The number of benzene rings is 2. The van der Waals surface area contributed by atoms with Crippen LogP contribution in [0.2, 0.25) is 5.02 Å². The van der Waals surface area contributed by atoms with E-state index >= 15 is 0 Å². The van der Waals surface area contributed by atoms with E-state index in [4.69, 9.17) is 17.3 Å². The third kappa shape index (κ3) is 2.17. The predicted molar refractivity (Wildman–Crippen MR) is 82.3 cm³/mol. The lowest BCUT2D eigenvalue weighted by Gasteiger charge is -2.03. The van der Waals surface area contributed by atoms with E-state index in [2.05, 4.69) is 4.98 Å². The van der Waals surface area contributed by atoms with Gasteiger partial charge in [-0.1, -0.05) is 23.2 Å². The SMILES string of the molecule is Cc1ccc2[nH]cc(C(=O)c3cc(N)cc(Cl)c3)c2c1. The second-order valence-electron chi connectivity index (χ2n) is 4.85. The van der Waals surface area contributed by atoms with Crippen molar-refractivity contribution in [1.82, 2.24) is 4.98 Å². The summed E-state index contributed by atoms with van der Waals surface area (Å²) in [6.45, 7) is 2.00. The zero-order valence-corrected chi connectivity index (χ0v) is 11.7. The van der Waals surface area contributed by atoms with Gasteiger partial charge in [0.15, 0.2) is 5.78 Å². The fourth-order valence-corrected chi connectivity index (χ4v) is 2.56. The van der Waals surface area contributed by atoms with Crippen LogP contribution in [-0.2, 0) is 0 Å². The first kappa shape index (κ1) is 12.8. The zero-order chi connectivity index (χ0) is 14.3. The Labute approximate surface area is 121 Å². The molecule has 0 aliphatic rings. The van der Waals surface area contributed by atoms with E-state index in [-0.39, 0.29) is 5.78 Å². The maximum absolute atomic E-state index is 12.6. The Balaban J connectivity index is 2.15. The summed E-state index contributed by atoms with van der Waals surface area (Å²) in [4.78, 5) is 15.7. The second kappa shape index (κ2) is 4.69. The lowest BCUT2D eigenvalue weighted by molar-refractivity contribution is 0.104. The van der Waals surface area contributed by atoms with E-state index < -0.39 is 0 Å². The smallest absolute Gasteiger partial charge is 0.195 e. The van der Waals surface area contributed by atoms with E-state index in [0.29, 0.717) is 21.8 Å². The van der Waals surface area contributed by atoms with Crippen LogP contribution in [0.5, 0.6) is 0 Å². The summed E-state index contributed by atoms with van der Waals surface area (Å²) >= 11 is 5.96. The number of nitrogens with two attached hydrogens (primary N) is 1. The van der Waals surface area contributed by atoms with Crippen molar-refractivity contribution in [3.05, 3.63) is 64.3 Å². The average molecular weight is 285 g/mol. The molecule has 0 fully saturated rings. The summed E-state index contributed by atoms with van der Waals surface area (Å²) in [6.07, 6.45) is 1.73. The number of aryl methyl sites for hydroxylation is 1. The summed E-state index contributed by atoms with van der Waals surface area (Å²) in [5.74, 6) is -0.0870. The third-order valence-corrected chi connectivity index (χ3v) is 3.48. The first-order valence-corrected chi connectivity index (χ1v) is 6.61. The maximum atomic E-state index is 12.6. The number of hydrogen-bond donors (Lipinski definition) is 2. The number of aromatic amines is 1. The van der Waals surface area contributed by atoms with Crippen molar-refractivity contribution in [2.45, 2.75) is 6.92 Å². The molecule has 0 atom stereocenters. The molecule has 3 rings (SSSR count). The Morgan fingerprint density at radius 3 is 2.75 bits per heavy atom. The molecule has 20 heavy (non-hydrogen) atoms. The Morgan fingerprint density at radius 2 is 2.00 bits per heavy atom. The highest BCUT2D eigenvalue weighted by Crippen LogP contribution is 2.24. The lowest BCUT2D eigenvalue weighted by Crippen LogP contribution is -2.01. The number of fused-ring (bicyclic) bond motifs is 1. The highest BCUT2D eigenvalue weighted by atomic mass is 35.5. The van der Waals surface area contributed by atoms with Crippen LogP contribution in [0.25, 0.3) is 10.9 Å². The standard InChI is InChI=1S/C16H13ClN2O/c1-9-2-3-15-13(4-9)14(8-19-15)16(20)10-5-11(17)7-12(18)6-10/h2-8,19H,18H2,1H3. The quantitative estimate of drug-likeness (QED) is 0.553. The van der Waals surface area contributed by atoms with Crippen LogP contribution in [0.4, 0.5) is 5.69 Å². The average Bonchev–Trinajstić information content (AvgIpc) is 2.79. The van der Waals surface area contributed by atoms with Gasteiger partial charge in [-0.2, -0.15) is 0 Å². The van der Waals surface area contributed by atoms with Gasteiger partial charge in [0, 0.05) is 38.9 Å². The third-order valence-electron chi connectivity index (χ3n) is 3.26. The van der Waals surface area contributed by atoms with Gasteiger partial charge in [-0.3, -0.25) is 4.79 Å². The minimum Gasteiger partial charge on any atom is -0.399 e. The Hall–Kier alpha value is -2.26. The molecule has 3 nitrogen and oxygen atoms in total. The van der Waals surface area contributed by atoms with Gasteiger partial charge >= 0.3 is 0 Å². The Bertz CT molecular complexity index is 800. The molecule has 100 valence electrons. The van der Waals surface area contributed by atoms with Gasteiger partial charge < -0.3 is 10.7 Å². The van der Waals surface area contributed by atoms with Gasteiger partial charge in [0.05, 0.1) is 0 Å². The number of carbonyl (C=O) groups is 1. The molecule has 3 N–H and O–H groups in total. The Kier molecular flexibility index (Phi) is 2.99. The van der Waals surface area contributed by atoms with Crippen LogP contribution in [0.15, 0.2) is 42.6 Å². The molecule has 0 unspecified atom stereocenters. The van der Waals surface area contributed by atoms with Crippen LogP contribution in [0.1, 0.15) is 21.5 Å². The molecule has 0 aliphatic carbocycles. The fraction of sp³-hybridized carbons (Fsp3) is 0.0625. The van der Waals surface area contributed by atoms with Crippen molar-refractivity contribution in [2.75, 3.05) is 5.73 Å². The number of H-pyrrole nitrogens is 1. The topological polar surface area (TPSA) is 58.9 Å². The van der Waals surface area contributed by atoms with Crippen LogP contribution in [0, 0.1) is 6.92 Å². The molecule has 0 bridgehead atoms. The van der Waals surface area contributed by atoms with Crippen molar-refractivity contribution >= 4 is 34.0 Å². The van der Waals surface area contributed by atoms with Crippen LogP contribution >= 0.6 is 11.6 Å². The summed E-state index contributed by atoms with van der Waals surface area (Å²) in [6, 6.07) is 10.9. The van der Waals surface area contributed by atoms with Crippen molar-refractivity contribution in [3.8, 4) is 0 Å². The molecule has 0 spiro atoms. The van der Waals surface area contributed by atoms with Gasteiger partial charge in [0.1, 0.15) is 0 Å². The minimum absolute atomic E-state index is 0.0870. The molecule has 1 aromatic heterocycles. The number of aromatic nitrogens is 1. The predicted octanol–water partition coefficient (Wildman–Crippen LogP) is 3.94. The van der Waals surface area contributed by atoms with E-state index in [1.807, 2.05) is 25.1 Å². The first-order chi connectivity index (χ1) is 9.54. The van der Waals surface area contributed by atoms with Gasteiger partial charge in [0.2, 0.25) is 0 Å². The summed E-state index contributed by atoms with van der Waals surface area (Å²) in [5, 5.41) is 1.37. The summed E-state index contributed by atoms with van der Waals surface area (Å²) in [5.41, 5.74) is 9.40. The maximum Gasteiger partial charge on any atom is 0.195 e. The molecule has 1 heterocycles. The number of anilines is 1. The van der Waals surface area contributed by atoms with Crippen LogP contribution in [-0.4, -0.2) is 10.8 Å². The second-order valence-corrected chi connectivity index (χ2v) is 5.29. The van der Waals surface area contributed by atoms with Crippen molar-refractivity contribution in [2.24, 2.45) is 0 Å². The number of ketones is 1. The fourth-order valence-electron chi connectivity index (χ4n) is 2.32. The number of halogens is 1. The molecule has 0 aliphatic heterocycles. The van der Waals surface area contributed by atoms with E-state index in [9.17, 15) is 4.79 Å². The normalized spacial score (nSPS) is 10.9. The van der Waals surface area contributed by atoms with E-state index in [1.54, 1.807) is 24.4 Å². The van der Waals surface area contributed by atoms with Crippen molar-refractivity contribution < 1.29 is 4.79 Å². The van der Waals surface area contributed by atoms with Crippen molar-refractivity contribution in [3.63, 3.8) is 0 Å². The molecular weight excluding hydrogens is 272 g/mol. The van der Waals surface area contributed by atoms with Crippen LogP contribution in [0.3, 0.4) is 0 Å². The molecule has 0 amide bonds. The minimum atomic E-state index is -0.0870. The Morgan fingerprint density at radius 1 is 1.20 bits per heavy atom. The van der Waals surface area contributed by atoms with E-state index in [1.165, 1.54) is 0 Å². The van der Waals surface area contributed by atoms with Gasteiger partial charge in [-0.05, 0) is 37.3 Å². The highest BCUT2D eigenvalue weighted by molar-refractivity contribution is 6.31. The van der Waals surface area contributed by atoms with Crippen molar-refractivity contribution in [1.29, 1.82) is 0 Å². The molecule has 3 aromatic rings. The number of hydrogen-bond acceptors (Lipinski definition) is 2. The van der Waals surface area contributed by atoms with Crippen LogP contribution < -0.4 is 5.73 Å². The first-order valence-electron chi connectivity index (χ1n) is 6.23. The summed E-state index contributed by atoms with van der Waals surface area (Å²) < 4.78 is 0. The zero-order valence-electron chi connectivity index (χ0n) is 10.9. The molecule has 0 radical (unpaired) electrons. The largest absolute Gasteiger partial charge is 0.399 e. The number of rotatable bonds is 2. The van der Waals surface area contributed by atoms with Gasteiger partial charge in [-0.15, -0.1) is 0 Å². The number of nitrogens with one attached hydrogen (secondary N) is 1.